The number of carbonyl (C=O) groups excluding carboxylic acids is 1. The maximum absolute atomic E-state index is 15.1. The lowest BCUT2D eigenvalue weighted by atomic mass is 10.0. The van der Waals surface area contributed by atoms with Crippen LogP contribution in [0.5, 0.6) is 5.75 Å². The molecule has 0 aliphatic carbocycles. The summed E-state index contributed by atoms with van der Waals surface area (Å²) in [7, 11) is 1.39. The van der Waals surface area contributed by atoms with E-state index in [1.165, 1.54) is 36.2 Å². The van der Waals surface area contributed by atoms with Crippen LogP contribution in [0.4, 0.5) is 19.0 Å². The molecule has 1 atom stereocenters. The van der Waals surface area contributed by atoms with Crippen molar-refractivity contribution in [3.05, 3.63) is 54.5 Å². The van der Waals surface area contributed by atoms with Crippen molar-refractivity contribution in [2.45, 2.75) is 37.6 Å². The number of alkyl halides is 2. The molecule has 0 unspecified atom stereocenters. The van der Waals surface area contributed by atoms with E-state index in [2.05, 4.69) is 10.1 Å². The van der Waals surface area contributed by atoms with Crippen molar-refractivity contribution in [2.75, 3.05) is 31.6 Å². The second kappa shape index (κ2) is 11.6. The molecular formula is C26H28F3N5O4. The van der Waals surface area contributed by atoms with E-state index in [0.29, 0.717) is 25.2 Å². The topological polar surface area (TPSA) is 101 Å². The highest BCUT2D eigenvalue weighted by molar-refractivity contribution is 5.80. The molecule has 0 saturated carbocycles. The number of carbonyl (C=O) groups is 2. The Balaban J connectivity index is 1.73. The van der Waals surface area contributed by atoms with Crippen LogP contribution in [0.2, 0.25) is 0 Å². The van der Waals surface area contributed by atoms with Crippen LogP contribution in [0, 0.1) is 5.82 Å². The average Bonchev–Trinajstić information content (AvgIpc) is 3.31. The third-order valence-electron chi connectivity index (χ3n) is 6.45. The van der Waals surface area contributed by atoms with Crippen molar-refractivity contribution in [3.8, 4) is 22.8 Å². The number of carboxylic acid groups (broad SMARTS) is 1. The number of aromatic nitrogens is 3. The second-order valence-electron chi connectivity index (χ2n) is 9.09. The molecule has 1 aliphatic rings. The number of hydrogen-bond donors (Lipinski definition) is 1. The number of pyridine rings is 1. The largest absolute Gasteiger partial charge is 0.496 e. The molecule has 1 aromatic carbocycles. The Hall–Kier alpha value is -3.93. The first-order chi connectivity index (χ1) is 18.2. The van der Waals surface area contributed by atoms with E-state index in [1.807, 2.05) is 0 Å². The molecule has 1 amide bonds. The Kier molecular flexibility index (Phi) is 8.30. The van der Waals surface area contributed by atoms with E-state index in [0.717, 1.165) is 4.90 Å². The van der Waals surface area contributed by atoms with Gasteiger partial charge in [0.2, 0.25) is 6.41 Å². The molecule has 0 spiro atoms. The number of hydrogen-bond acceptors (Lipinski definition) is 6. The van der Waals surface area contributed by atoms with Crippen molar-refractivity contribution in [3.63, 3.8) is 0 Å². The van der Waals surface area contributed by atoms with E-state index in [-0.39, 0.29) is 42.2 Å². The van der Waals surface area contributed by atoms with Gasteiger partial charge in [-0.05, 0) is 43.7 Å². The first-order valence-electron chi connectivity index (χ1n) is 12.1. The molecular weight excluding hydrogens is 503 g/mol. The third-order valence-corrected chi connectivity index (χ3v) is 6.45. The maximum atomic E-state index is 15.1. The number of piperidine rings is 1. The minimum Gasteiger partial charge on any atom is -0.496 e. The lowest BCUT2D eigenvalue weighted by Gasteiger charge is -2.34. The number of methoxy groups -OCH3 is 1. The van der Waals surface area contributed by atoms with Crippen LogP contribution in [0.25, 0.3) is 17.1 Å². The van der Waals surface area contributed by atoms with Gasteiger partial charge in [-0.2, -0.15) is 0 Å². The molecule has 3 heterocycles. The van der Waals surface area contributed by atoms with Crippen LogP contribution in [0.1, 0.15) is 25.7 Å². The number of amides is 1. The van der Waals surface area contributed by atoms with Gasteiger partial charge in [-0.1, -0.05) is 12.1 Å². The summed E-state index contributed by atoms with van der Waals surface area (Å²) < 4.78 is 49.5. The molecule has 1 aliphatic heterocycles. The fourth-order valence-corrected chi connectivity index (χ4v) is 4.69. The van der Waals surface area contributed by atoms with Gasteiger partial charge in [-0.25, -0.2) is 22.8 Å². The van der Waals surface area contributed by atoms with Crippen molar-refractivity contribution in [2.24, 2.45) is 0 Å². The van der Waals surface area contributed by atoms with Crippen molar-refractivity contribution < 1.29 is 32.6 Å². The molecule has 1 fully saturated rings. The summed E-state index contributed by atoms with van der Waals surface area (Å²) in [5, 5.41) is 14.0. The molecule has 9 nitrogen and oxygen atoms in total. The summed E-state index contributed by atoms with van der Waals surface area (Å²) in [4.78, 5) is 31.0. The highest BCUT2D eigenvalue weighted by Gasteiger charge is 2.35. The van der Waals surface area contributed by atoms with Crippen LogP contribution in [0.3, 0.4) is 0 Å². The van der Waals surface area contributed by atoms with Gasteiger partial charge in [0.25, 0.3) is 5.92 Å². The van der Waals surface area contributed by atoms with Gasteiger partial charge in [-0.3, -0.25) is 19.4 Å². The Morgan fingerprint density at radius 3 is 2.76 bits per heavy atom. The van der Waals surface area contributed by atoms with Crippen LogP contribution in [-0.4, -0.2) is 75.9 Å². The Morgan fingerprint density at radius 1 is 1.29 bits per heavy atom. The second-order valence-corrected chi connectivity index (χ2v) is 9.09. The average molecular weight is 532 g/mol. The summed E-state index contributed by atoms with van der Waals surface area (Å²) in [5.41, 5.74) is 0.306. The number of ether oxygens (including phenoxy) is 1. The molecule has 1 saturated heterocycles. The van der Waals surface area contributed by atoms with E-state index in [1.54, 1.807) is 29.2 Å². The molecule has 3 aromatic rings. The van der Waals surface area contributed by atoms with E-state index in [9.17, 15) is 23.5 Å². The summed E-state index contributed by atoms with van der Waals surface area (Å²) >= 11 is 0. The quantitative estimate of drug-likeness (QED) is 0.373. The number of rotatable bonds is 11. The number of likely N-dealkylation sites (tertiary alicyclic amines) is 1. The number of carboxylic acids is 1. The van der Waals surface area contributed by atoms with Crippen LogP contribution in [0.15, 0.2) is 48.7 Å². The molecule has 4 rings (SSSR count). The monoisotopic (exact) mass is 531 g/mol. The number of halogens is 3. The summed E-state index contributed by atoms with van der Waals surface area (Å²) in [6.07, 6.45) is 1.81. The summed E-state index contributed by atoms with van der Waals surface area (Å²) in [5.74, 6) is -3.96. The zero-order valence-corrected chi connectivity index (χ0v) is 20.8. The lowest BCUT2D eigenvalue weighted by molar-refractivity contribution is -0.137. The molecule has 202 valence electrons. The number of benzene rings is 1. The van der Waals surface area contributed by atoms with Crippen molar-refractivity contribution in [1.82, 2.24) is 19.7 Å². The van der Waals surface area contributed by atoms with Gasteiger partial charge in [0.05, 0.1) is 31.3 Å². The molecule has 2 aromatic heterocycles. The van der Waals surface area contributed by atoms with E-state index < -0.39 is 36.7 Å². The van der Waals surface area contributed by atoms with Gasteiger partial charge in [0, 0.05) is 31.3 Å². The Labute approximate surface area is 217 Å². The summed E-state index contributed by atoms with van der Waals surface area (Å²) in [6, 6.07) is 9.94. The van der Waals surface area contributed by atoms with Crippen LogP contribution < -0.4 is 9.64 Å². The van der Waals surface area contributed by atoms with Crippen molar-refractivity contribution >= 4 is 18.2 Å². The highest BCUT2D eigenvalue weighted by atomic mass is 19.3. The molecule has 38 heavy (non-hydrogen) atoms. The predicted molar refractivity (Wildman–Crippen MR) is 133 cm³/mol. The zero-order valence-electron chi connectivity index (χ0n) is 20.8. The SMILES string of the molecule is COc1cccc(F)c1-c1cc(N(C=O)[C@@H](CCN2CCCC(F)(F)C2)CC(=O)O)nn1-c1ccccn1. The molecule has 0 bridgehead atoms. The van der Waals surface area contributed by atoms with Gasteiger partial charge < -0.3 is 9.84 Å². The van der Waals surface area contributed by atoms with Crippen LogP contribution in [-0.2, 0) is 9.59 Å². The summed E-state index contributed by atoms with van der Waals surface area (Å²) in [6.45, 7) is 0.216. The highest BCUT2D eigenvalue weighted by Crippen LogP contribution is 2.36. The van der Waals surface area contributed by atoms with Crippen molar-refractivity contribution in [1.29, 1.82) is 0 Å². The molecule has 0 radical (unpaired) electrons. The first-order valence-corrected chi connectivity index (χ1v) is 12.1. The number of nitrogens with zero attached hydrogens (tertiary/aromatic N) is 5. The maximum Gasteiger partial charge on any atom is 0.305 e. The van der Waals surface area contributed by atoms with Gasteiger partial charge in [0.1, 0.15) is 11.6 Å². The van der Waals surface area contributed by atoms with E-state index in [4.69, 9.17) is 4.74 Å². The number of anilines is 1. The minimum absolute atomic E-state index is 0.0567. The lowest BCUT2D eigenvalue weighted by Crippen LogP contribution is -2.45. The first kappa shape index (κ1) is 27.1. The normalized spacial score (nSPS) is 16.1. The van der Waals surface area contributed by atoms with Gasteiger partial charge >= 0.3 is 5.97 Å². The fraction of sp³-hybridized carbons (Fsp3) is 0.385. The zero-order chi connectivity index (χ0) is 27.3. The standard InChI is InChI=1S/C26H28F3N5O4/c1-38-21-7-4-6-19(27)25(21)20-15-23(31-34(20)22-8-2-3-11-30-22)33(17-35)18(14-24(36)37)9-13-32-12-5-10-26(28,29)16-32/h2-4,6-8,11,15,17-18H,5,9-10,12-14,16H2,1H3,(H,36,37)/t18-/m0/s1. The minimum atomic E-state index is -2.81. The molecule has 1 N–H and O–H groups in total. The molecule has 12 heteroatoms. The van der Waals surface area contributed by atoms with Gasteiger partial charge in [-0.15, -0.1) is 5.10 Å². The third kappa shape index (κ3) is 6.13. The Morgan fingerprint density at radius 2 is 2.11 bits per heavy atom. The Bertz CT molecular complexity index is 1270. The van der Waals surface area contributed by atoms with Crippen LogP contribution >= 0.6 is 0 Å². The predicted octanol–water partition coefficient (Wildman–Crippen LogP) is 4.01. The fourth-order valence-electron chi connectivity index (χ4n) is 4.69. The van der Waals surface area contributed by atoms with E-state index >= 15 is 4.39 Å². The van der Waals surface area contributed by atoms with Gasteiger partial charge in [0.15, 0.2) is 11.6 Å². The smallest absolute Gasteiger partial charge is 0.305 e. The number of aliphatic carboxylic acids is 1.